The van der Waals surface area contributed by atoms with Crippen LogP contribution in [0.4, 0.5) is 5.95 Å². The van der Waals surface area contributed by atoms with Crippen LogP contribution in [0.3, 0.4) is 0 Å². The summed E-state index contributed by atoms with van der Waals surface area (Å²) >= 11 is 0. The van der Waals surface area contributed by atoms with Crippen LogP contribution in [0, 0.1) is 13.8 Å². The van der Waals surface area contributed by atoms with E-state index in [0.29, 0.717) is 12.5 Å². The second-order valence-electron chi connectivity index (χ2n) is 2.65. The molecule has 0 amide bonds. The molecular formula is C8H14N4. The van der Waals surface area contributed by atoms with Crippen LogP contribution in [0.1, 0.15) is 17.0 Å². The maximum absolute atomic E-state index is 5.54. The molecule has 3 N–H and O–H groups in total. The Kier molecular flexibility index (Phi) is 2.60. The molecule has 0 aliphatic heterocycles. The van der Waals surface area contributed by atoms with Crippen molar-refractivity contribution in [2.45, 2.75) is 20.4 Å². The summed E-state index contributed by atoms with van der Waals surface area (Å²) in [4.78, 5) is 8.44. The van der Waals surface area contributed by atoms with E-state index in [-0.39, 0.29) is 0 Å². The number of aromatic nitrogens is 2. The average molecular weight is 166 g/mol. The lowest BCUT2D eigenvalue weighted by molar-refractivity contribution is 0.936. The van der Waals surface area contributed by atoms with Crippen LogP contribution in [0.25, 0.3) is 0 Å². The molecular weight excluding hydrogens is 152 g/mol. The number of aryl methyl sites for hydroxylation is 2. The summed E-state index contributed by atoms with van der Waals surface area (Å²) in [6.45, 7) is 4.39. The van der Waals surface area contributed by atoms with E-state index in [4.69, 9.17) is 5.73 Å². The molecule has 1 aromatic rings. The second-order valence-corrected chi connectivity index (χ2v) is 2.65. The molecule has 0 aliphatic rings. The highest BCUT2D eigenvalue weighted by Crippen LogP contribution is 2.10. The number of nitrogens with zero attached hydrogens (tertiary/aromatic N) is 2. The Labute approximate surface area is 72.2 Å². The molecule has 66 valence electrons. The first kappa shape index (κ1) is 8.93. The van der Waals surface area contributed by atoms with Crippen molar-refractivity contribution >= 4 is 5.95 Å². The van der Waals surface area contributed by atoms with Crippen molar-refractivity contribution in [2.24, 2.45) is 5.73 Å². The van der Waals surface area contributed by atoms with E-state index < -0.39 is 0 Å². The highest BCUT2D eigenvalue weighted by molar-refractivity contribution is 5.32. The molecule has 4 heteroatoms. The third kappa shape index (κ3) is 1.53. The molecule has 0 unspecified atom stereocenters. The summed E-state index contributed by atoms with van der Waals surface area (Å²) in [5.41, 5.74) is 8.48. The van der Waals surface area contributed by atoms with Gasteiger partial charge in [-0.05, 0) is 13.8 Å². The first-order valence-electron chi connectivity index (χ1n) is 3.91. The first-order valence-corrected chi connectivity index (χ1v) is 3.91. The molecule has 1 heterocycles. The van der Waals surface area contributed by atoms with Crippen molar-refractivity contribution in [1.29, 1.82) is 0 Å². The number of hydrogen-bond acceptors (Lipinski definition) is 4. The van der Waals surface area contributed by atoms with E-state index in [1.165, 1.54) is 0 Å². The lowest BCUT2D eigenvalue weighted by Crippen LogP contribution is -2.08. The molecule has 0 saturated heterocycles. The maximum atomic E-state index is 5.54. The van der Waals surface area contributed by atoms with Gasteiger partial charge in [-0.2, -0.15) is 0 Å². The van der Waals surface area contributed by atoms with Crippen molar-refractivity contribution < 1.29 is 0 Å². The molecule has 0 atom stereocenters. The standard InChI is InChI=1S/C8H14N4/c1-5-7(4-9)6(2)12-8(10-3)11-5/h4,9H2,1-3H3,(H,10,11,12). The molecule has 1 rings (SSSR count). The SMILES string of the molecule is CNc1nc(C)c(CN)c(C)n1. The Balaban J connectivity index is 3.18. The van der Waals surface area contributed by atoms with Crippen LogP contribution in [0.15, 0.2) is 0 Å². The summed E-state index contributed by atoms with van der Waals surface area (Å²) in [5, 5.41) is 2.90. The fourth-order valence-corrected chi connectivity index (χ4v) is 1.15. The van der Waals surface area contributed by atoms with Crippen molar-refractivity contribution in [3.8, 4) is 0 Å². The van der Waals surface area contributed by atoms with Crippen LogP contribution in [-0.4, -0.2) is 17.0 Å². The number of anilines is 1. The van der Waals surface area contributed by atoms with Gasteiger partial charge in [0.25, 0.3) is 0 Å². The minimum absolute atomic E-state index is 0.502. The minimum atomic E-state index is 0.502. The lowest BCUT2D eigenvalue weighted by atomic mass is 10.2. The highest BCUT2D eigenvalue weighted by atomic mass is 15.1. The van der Waals surface area contributed by atoms with Crippen LogP contribution in [0.5, 0.6) is 0 Å². The van der Waals surface area contributed by atoms with Gasteiger partial charge in [0.15, 0.2) is 0 Å². The van der Waals surface area contributed by atoms with E-state index in [0.717, 1.165) is 17.0 Å². The number of hydrogen-bond donors (Lipinski definition) is 2. The van der Waals surface area contributed by atoms with E-state index in [2.05, 4.69) is 15.3 Å². The van der Waals surface area contributed by atoms with E-state index in [1.54, 1.807) is 7.05 Å². The van der Waals surface area contributed by atoms with E-state index >= 15 is 0 Å². The minimum Gasteiger partial charge on any atom is -0.357 e. The predicted octanol–water partition coefficient (Wildman–Crippen LogP) is 0.594. The predicted molar refractivity (Wildman–Crippen MR) is 48.9 cm³/mol. The zero-order valence-corrected chi connectivity index (χ0v) is 7.68. The van der Waals surface area contributed by atoms with Gasteiger partial charge in [-0.3, -0.25) is 0 Å². The van der Waals surface area contributed by atoms with E-state index in [9.17, 15) is 0 Å². The fraction of sp³-hybridized carbons (Fsp3) is 0.500. The van der Waals surface area contributed by atoms with Crippen LogP contribution < -0.4 is 11.1 Å². The van der Waals surface area contributed by atoms with Gasteiger partial charge in [0.05, 0.1) is 0 Å². The van der Waals surface area contributed by atoms with Gasteiger partial charge in [0, 0.05) is 30.5 Å². The normalized spacial score (nSPS) is 10.0. The highest BCUT2D eigenvalue weighted by Gasteiger charge is 2.04. The number of nitrogens with two attached hydrogens (primary N) is 1. The average Bonchev–Trinajstić information content (AvgIpc) is 2.03. The largest absolute Gasteiger partial charge is 0.357 e. The van der Waals surface area contributed by atoms with Gasteiger partial charge in [-0.1, -0.05) is 0 Å². The summed E-state index contributed by atoms with van der Waals surface area (Å²) in [6.07, 6.45) is 0. The van der Waals surface area contributed by atoms with Crippen molar-refractivity contribution in [3.05, 3.63) is 17.0 Å². The Hall–Kier alpha value is -1.16. The molecule has 0 radical (unpaired) electrons. The molecule has 12 heavy (non-hydrogen) atoms. The van der Waals surface area contributed by atoms with Gasteiger partial charge < -0.3 is 11.1 Å². The monoisotopic (exact) mass is 166 g/mol. The Morgan fingerprint density at radius 2 is 1.75 bits per heavy atom. The number of nitrogens with one attached hydrogen (secondary N) is 1. The zero-order chi connectivity index (χ0) is 9.14. The van der Waals surface area contributed by atoms with Gasteiger partial charge in [-0.15, -0.1) is 0 Å². The molecule has 0 aliphatic carbocycles. The Bertz CT molecular complexity index is 259. The molecule has 1 aromatic heterocycles. The molecule has 0 aromatic carbocycles. The Morgan fingerprint density at radius 1 is 1.25 bits per heavy atom. The van der Waals surface area contributed by atoms with Crippen molar-refractivity contribution in [1.82, 2.24) is 9.97 Å². The van der Waals surface area contributed by atoms with E-state index in [1.807, 2.05) is 13.8 Å². The maximum Gasteiger partial charge on any atom is 0.222 e. The molecule has 4 nitrogen and oxygen atoms in total. The van der Waals surface area contributed by atoms with Gasteiger partial charge in [0.1, 0.15) is 0 Å². The third-order valence-electron chi connectivity index (χ3n) is 1.85. The fourth-order valence-electron chi connectivity index (χ4n) is 1.15. The van der Waals surface area contributed by atoms with Crippen LogP contribution in [-0.2, 0) is 6.54 Å². The third-order valence-corrected chi connectivity index (χ3v) is 1.85. The summed E-state index contributed by atoms with van der Waals surface area (Å²) in [7, 11) is 1.80. The lowest BCUT2D eigenvalue weighted by Gasteiger charge is -2.07. The smallest absolute Gasteiger partial charge is 0.222 e. The Morgan fingerprint density at radius 3 is 2.08 bits per heavy atom. The topological polar surface area (TPSA) is 63.8 Å². The van der Waals surface area contributed by atoms with Gasteiger partial charge >= 0.3 is 0 Å². The van der Waals surface area contributed by atoms with Crippen LogP contribution in [0.2, 0.25) is 0 Å². The zero-order valence-electron chi connectivity index (χ0n) is 7.68. The van der Waals surface area contributed by atoms with Gasteiger partial charge in [0.2, 0.25) is 5.95 Å². The molecule has 0 saturated carbocycles. The molecule has 0 bridgehead atoms. The number of rotatable bonds is 2. The molecule has 0 spiro atoms. The van der Waals surface area contributed by atoms with Crippen molar-refractivity contribution in [3.63, 3.8) is 0 Å². The van der Waals surface area contributed by atoms with Gasteiger partial charge in [-0.25, -0.2) is 9.97 Å². The quantitative estimate of drug-likeness (QED) is 0.675. The summed E-state index contributed by atoms with van der Waals surface area (Å²) < 4.78 is 0. The molecule has 0 fully saturated rings. The second kappa shape index (κ2) is 3.49. The first-order chi connectivity index (χ1) is 5.69. The van der Waals surface area contributed by atoms with Crippen LogP contribution >= 0.6 is 0 Å². The van der Waals surface area contributed by atoms with Crippen molar-refractivity contribution in [2.75, 3.05) is 12.4 Å². The summed E-state index contributed by atoms with van der Waals surface area (Å²) in [5.74, 6) is 0.655. The summed E-state index contributed by atoms with van der Waals surface area (Å²) in [6, 6.07) is 0.